The molecule has 0 saturated carbocycles. The second kappa shape index (κ2) is 6.17. The standard InChI is InChI=1S/C17H23FN4O/c18-15-9-14(10-19-11-15)17(23)22-7-5-21(6-8-22)16-12-20-3-1-13(16)2-4-20/h9-11,13,16H,1-8,12H2. The summed E-state index contributed by atoms with van der Waals surface area (Å²) in [4.78, 5) is 23.2. The number of hydrogen-bond donors (Lipinski definition) is 0. The van der Waals surface area contributed by atoms with Gasteiger partial charge in [0.05, 0.1) is 11.8 Å². The Hall–Kier alpha value is -1.53. The van der Waals surface area contributed by atoms with E-state index in [1.807, 2.05) is 4.90 Å². The molecule has 1 aromatic rings. The summed E-state index contributed by atoms with van der Waals surface area (Å²) in [6, 6.07) is 1.93. The quantitative estimate of drug-likeness (QED) is 0.818. The van der Waals surface area contributed by atoms with Crippen LogP contribution in [0.5, 0.6) is 0 Å². The van der Waals surface area contributed by atoms with Crippen LogP contribution in [-0.4, -0.2) is 77.4 Å². The maximum atomic E-state index is 13.2. The molecule has 4 fully saturated rings. The fraction of sp³-hybridized carbons (Fsp3) is 0.647. The summed E-state index contributed by atoms with van der Waals surface area (Å²) in [6.07, 6.45) is 5.21. The Morgan fingerprint density at radius 2 is 1.83 bits per heavy atom. The largest absolute Gasteiger partial charge is 0.336 e. The van der Waals surface area contributed by atoms with Crippen molar-refractivity contribution in [2.45, 2.75) is 18.9 Å². The van der Waals surface area contributed by atoms with E-state index in [0.29, 0.717) is 11.6 Å². The van der Waals surface area contributed by atoms with Crippen molar-refractivity contribution in [3.63, 3.8) is 0 Å². The van der Waals surface area contributed by atoms with Crippen LogP contribution in [0.2, 0.25) is 0 Å². The first kappa shape index (κ1) is 15.0. The highest BCUT2D eigenvalue weighted by molar-refractivity contribution is 5.94. The summed E-state index contributed by atoms with van der Waals surface area (Å²) in [5.41, 5.74) is 0.348. The Kier molecular flexibility index (Phi) is 4.03. The number of carbonyl (C=O) groups is 1. The molecular formula is C17H23FN4O. The van der Waals surface area contributed by atoms with Crippen molar-refractivity contribution in [2.75, 3.05) is 45.8 Å². The molecule has 5 nitrogen and oxygen atoms in total. The van der Waals surface area contributed by atoms with E-state index in [2.05, 4.69) is 14.8 Å². The van der Waals surface area contributed by atoms with Gasteiger partial charge >= 0.3 is 0 Å². The number of amides is 1. The molecule has 0 spiro atoms. The van der Waals surface area contributed by atoms with Gasteiger partial charge in [-0.05, 0) is 37.9 Å². The second-order valence-electron chi connectivity index (χ2n) is 6.93. The summed E-state index contributed by atoms with van der Waals surface area (Å²) < 4.78 is 13.2. The minimum atomic E-state index is -0.457. The van der Waals surface area contributed by atoms with E-state index in [4.69, 9.17) is 0 Å². The normalized spacial score (nSPS) is 31.3. The molecule has 0 aromatic carbocycles. The maximum absolute atomic E-state index is 13.2. The van der Waals surface area contributed by atoms with Gasteiger partial charge in [-0.3, -0.25) is 14.7 Å². The van der Waals surface area contributed by atoms with Gasteiger partial charge < -0.3 is 9.80 Å². The summed E-state index contributed by atoms with van der Waals surface area (Å²) in [6.45, 7) is 6.98. The molecule has 4 aliphatic heterocycles. The molecular weight excluding hydrogens is 295 g/mol. The van der Waals surface area contributed by atoms with Crippen LogP contribution >= 0.6 is 0 Å². The molecule has 4 saturated heterocycles. The highest BCUT2D eigenvalue weighted by Gasteiger charge is 2.38. The lowest BCUT2D eigenvalue weighted by atomic mass is 9.83. The molecule has 0 aliphatic carbocycles. The van der Waals surface area contributed by atoms with Crippen molar-refractivity contribution in [3.05, 3.63) is 29.8 Å². The second-order valence-corrected chi connectivity index (χ2v) is 6.93. The molecule has 0 N–H and O–H groups in total. The van der Waals surface area contributed by atoms with E-state index < -0.39 is 5.82 Å². The zero-order chi connectivity index (χ0) is 15.8. The van der Waals surface area contributed by atoms with Crippen LogP contribution in [0, 0.1) is 11.7 Å². The first-order valence-corrected chi connectivity index (χ1v) is 8.57. The Morgan fingerprint density at radius 3 is 2.43 bits per heavy atom. The van der Waals surface area contributed by atoms with Gasteiger partial charge in [0.15, 0.2) is 0 Å². The average molecular weight is 318 g/mol. The van der Waals surface area contributed by atoms with Crippen LogP contribution in [0.1, 0.15) is 23.2 Å². The minimum Gasteiger partial charge on any atom is -0.336 e. The molecule has 5 rings (SSSR count). The topological polar surface area (TPSA) is 39.7 Å². The molecule has 2 bridgehead atoms. The van der Waals surface area contributed by atoms with Crippen LogP contribution in [-0.2, 0) is 0 Å². The summed E-state index contributed by atoms with van der Waals surface area (Å²) >= 11 is 0. The zero-order valence-electron chi connectivity index (χ0n) is 13.3. The predicted octanol–water partition coefficient (Wildman–Crippen LogP) is 1.07. The molecule has 1 unspecified atom stereocenters. The van der Waals surface area contributed by atoms with Crippen LogP contribution in [0.4, 0.5) is 4.39 Å². The number of pyridine rings is 1. The van der Waals surface area contributed by atoms with Crippen molar-refractivity contribution in [1.82, 2.24) is 19.7 Å². The maximum Gasteiger partial charge on any atom is 0.255 e. The van der Waals surface area contributed by atoms with Gasteiger partial charge in [0.25, 0.3) is 5.91 Å². The molecule has 4 aliphatic rings. The Balaban J connectivity index is 1.36. The van der Waals surface area contributed by atoms with Gasteiger partial charge in [0, 0.05) is 45.0 Å². The van der Waals surface area contributed by atoms with Crippen molar-refractivity contribution < 1.29 is 9.18 Å². The number of carbonyl (C=O) groups excluding carboxylic acids is 1. The van der Waals surface area contributed by atoms with E-state index in [9.17, 15) is 9.18 Å². The number of piperazine rings is 1. The fourth-order valence-corrected chi connectivity index (χ4v) is 4.32. The molecule has 1 aromatic heterocycles. The number of rotatable bonds is 2. The molecule has 1 amide bonds. The third-order valence-electron chi connectivity index (χ3n) is 5.64. The summed E-state index contributed by atoms with van der Waals surface area (Å²) in [5.74, 6) is 0.266. The lowest BCUT2D eigenvalue weighted by Gasteiger charge is -2.51. The van der Waals surface area contributed by atoms with E-state index in [0.717, 1.165) is 38.3 Å². The Labute approximate surface area is 136 Å². The molecule has 1 atom stereocenters. The molecule has 23 heavy (non-hydrogen) atoms. The van der Waals surface area contributed by atoms with Crippen LogP contribution in [0.3, 0.4) is 0 Å². The van der Waals surface area contributed by atoms with Crippen molar-refractivity contribution in [2.24, 2.45) is 5.92 Å². The summed E-state index contributed by atoms with van der Waals surface area (Å²) in [7, 11) is 0. The number of fused-ring (bicyclic) bond motifs is 3. The molecule has 124 valence electrons. The minimum absolute atomic E-state index is 0.106. The van der Waals surface area contributed by atoms with Gasteiger partial charge in [-0.1, -0.05) is 0 Å². The third kappa shape index (κ3) is 2.97. The van der Waals surface area contributed by atoms with E-state index in [-0.39, 0.29) is 5.91 Å². The van der Waals surface area contributed by atoms with Crippen molar-refractivity contribution in [1.29, 1.82) is 0 Å². The number of hydrogen-bond acceptors (Lipinski definition) is 4. The smallest absolute Gasteiger partial charge is 0.255 e. The van der Waals surface area contributed by atoms with E-state index >= 15 is 0 Å². The van der Waals surface area contributed by atoms with Crippen molar-refractivity contribution >= 4 is 5.91 Å². The van der Waals surface area contributed by atoms with Crippen LogP contribution < -0.4 is 0 Å². The van der Waals surface area contributed by atoms with Gasteiger partial charge in [-0.2, -0.15) is 0 Å². The SMILES string of the molecule is O=C(c1cncc(F)c1)N1CCN(C2CN3CCC2CC3)CC1. The average Bonchev–Trinajstić information content (AvgIpc) is 2.62. The predicted molar refractivity (Wildman–Crippen MR) is 84.6 cm³/mol. The lowest BCUT2D eigenvalue weighted by molar-refractivity contribution is -0.0131. The zero-order valence-corrected chi connectivity index (χ0v) is 13.3. The van der Waals surface area contributed by atoms with Gasteiger partial charge in [0.1, 0.15) is 5.82 Å². The lowest BCUT2D eigenvalue weighted by Crippen LogP contribution is -2.61. The molecule has 0 radical (unpaired) electrons. The first-order chi connectivity index (χ1) is 11.2. The number of halogens is 1. The third-order valence-corrected chi connectivity index (χ3v) is 5.64. The monoisotopic (exact) mass is 318 g/mol. The van der Waals surface area contributed by atoms with E-state index in [1.165, 1.54) is 44.7 Å². The number of aromatic nitrogens is 1. The van der Waals surface area contributed by atoms with Crippen LogP contribution in [0.15, 0.2) is 18.5 Å². The highest BCUT2D eigenvalue weighted by atomic mass is 19.1. The molecule has 6 heteroatoms. The van der Waals surface area contributed by atoms with Gasteiger partial charge in [-0.15, -0.1) is 0 Å². The first-order valence-electron chi connectivity index (χ1n) is 8.57. The van der Waals surface area contributed by atoms with Crippen LogP contribution in [0.25, 0.3) is 0 Å². The fourth-order valence-electron chi connectivity index (χ4n) is 4.32. The molecule has 5 heterocycles. The van der Waals surface area contributed by atoms with Gasteiger partial charge in [0.2, 0.25) is 0 Å². The summed E-state index contributed by atoms with van der Waals surface area (Å²) in [5, 5.41) is 0. The van der Waals surface area contributed by atoms with Gasteiger partial charge in [-0.25, -0.2) is 4.39 Å². The Morgan fingerprint density at radius 1 is 1.09 bits per heavy atom. The van der Waals surface area contributed by atoms with Crippen molar-refractivity contribution in [3.8, 4) is 0 Å². The van der Waals surface area contributed by atoms with E-state index in [1.54, 1.807) is 0 Å². The number of nitrogens with zero attached hydrogens (tertiary/aromatic N) is 4. The Bertz CT molecular complexity index is 580. The highest BCUT2D eigenvalue weighted by Crippen LogP contribution is 2.31. The number of piperidine rings is 3.